The number of carboxylic acids is 1. The van der Waals surface area contributed by atoms with Crippen LogP contribution >= 0.6 is 0 Å². The summed E-state index contributed by atoms with van der Waals surface area (Å²) >= 11 is 0. The lowest BCUT2D eigenvalue weighted by molar-refractivity contribution is -0.137. The highest BCUT2D eigenvalue weighted by Crippen LogP contribution is 2.01. The Kier molecular flexibility index (Phi) is 16.9. The van der Waals surface area contributed by atoms with Gasteiger partial charge in [0.25, 0.3) is 0 Å². The Hall–Kier alpha value is -0.610. The van der Waals surface area contributed by atoms with Gasteiger partial charge in [0.2, 0.25) is 0 Å². The van der Waals surface area contributed by atoms with Gasteiger partial charge in [-0.25, -0.2) is 0 Å². The smallest absolute Gasteiger partial charge is 0.303 e. The van der Waals surface area contributed by atoms with Crippen molar-refractivity contribution in [3.63, 3.8) is 0 Å². The van der Waals surface area contributed by atoms with Gasteiger partial charge in [-0.1, -0.05) is 27.7 Å². The number of carboxylic acid groups (broad SMARTS) is 1. The van der Waals surface area contributed by atoms with E-state index in [1.165, 1.54) is 0 Å². The molecule has 0 aliphatic heterocycles. The Morgan fingerprint density at radius 1 is 1.14 bits per heavy atom. The molecule has 0 saturated carbocycles. The van der Waals surface area contributed by atoms with Crippen LogP contribution in [0.5, 0.6) is 0 Å². The van der Waals surface area contributed by atoms with Crippen LogP contribution in [0.25, 0.3) is 0 Å². The van der Waals surface area contributed by atoms with Crippen molar-refractivity contribution in [3.05, 3.63) is 0 Å². The molecule has 0 fully saturated rings. The predicted molar refractivity (Wildman–Crippen MR) is 57.2 cm³/mol. The first kappa shape index (κ1) is 19.0. The molecule has 0 spiro atoms. The molecule has 0 saturated heterocycles. The van der Waals surface area contributed by atoms with E-state index in [0.717, 1.165) is 6.42 Å². The fraction of sp³-hybridized carbons (Fsp3) is 0.900. The molecule has 0 aromatic rings. The lowest BCUT2D eigenvalue weighted by atomic mass is 10.1. The Bertz CT molecular complexity index is 121. The standard InChI is InChI=1S/C6H12O2.C4H10O.H2O/c1-5(2)3-4-6(7)8;1-4(2)3-5;/h5H,3-4H2,1-2H3,(H,7,8);4-5H,3H2,1-2H3;1H2. The third-order valence-electron chi connectivity index (χ3n) is 1.30. The van der Waals surface area contributed by atoms with Crippen molar-refractivity contribution in [2.75, 3.05) is 6.61 Å². The molecular formula is C10H24O4. The van der Waals surface area contributed by atoms with Gasteiger partial charge in [0, 0.05) is 13.0 Å². The maximum absolute atomic E-state index is 9.90. The predicted octanol–water partition coefficient (Wildman–Crippen LogP) is 1.32. The lowest BCUT2D eigenvalue weighted by Gasteiger charge is -1.97. The highest BCUT2D eigenvalue weighted by atomic mass is 16.4. The molecule has 0 bridgehead atoms. The third-order valence-corrected chi connectivity index (χ3v) is 1.30. The van der Waals surface area contributed by atoms with Crippen molar-refractivity contribution in [2.24, 2.45) is 11.8 Å². The van der Waals surface area contributed by atoms with Gasteiger partial charge in [-0.15, -0.1) is 0 Å². The summed E-state index contributed by atoms with van der Waals surface area (Å²) in [4.78, 5) is 9.90. The van der Waals surface area contributed by atoms with Gasteiger partial charge in [-0.2, -0.15) is 0 Å². The summed E-state index contributed by atoms with van der Waals surface area (Å²) in [5.74, 6) is 0.250. The normalized spacial score (nSPS) is 9.07. The quantitative estimate of drug-likeness (QED) is 0.730. The zero-order chi connectivity index (χ0) is 10.9. The van der Waals surface area contributed by atoms with E-state index in [-0.39, 0.29) is 5.48 Å². The average Bonchev–Trinajstić information content (AvgIpc) is 2.02. The molecule has 4 heteroatoms. The second-order valence-corrected chi connectivity index (χ2v) is 3.90. The summed E-state index contributed by atoms with van der Waals surface area (Å²) in [5.41, 5.74) is 0. The van der Waals surface area contributed by atoms with Crippen molar-refractivity contribution in [2.45, 2.75) is 40.5 Å². The molecule has 0 amide bonds. The van der Waals surface area contributed by atoms with E-state index < -0.39 is 5.97 Å². The van der Waals surface area contributed by atoms with Gasteiger partial charge in [-0.3, -0.25) is 4.79 Å². The van der Waals surface area contributed by atoms with E-state index in [9.17, 15) is 4.79 Å². The monoisotopic (exact) mass is 208 g/mol. The van der Waals surface area contributed by atoms with E-state index in [0.29, 0.717) is 24.9 Å². The fourth-order valence-electron chi connectivity index (χ4n) is 0.412. The van der Waals surface area contributed by atoms with Crippen LogP contribution in [0.3, 0.4) is 0 Å². The van der Waals surface area contributed by atoms with Crippen molar-refractivity contribution in [3.8, 4) is 0 Å². The van der Waals surface area contributed by atoms with Gasteiger partial charge >= 0.3 is 5.97 Å². The second kappa shape index (κ2) is 12.4. The molecule has 0 unspecified atom stereocenters. The van der Waals surface area contributed by atoms with Crippen molar-refractivity contribution in [1.82, 2.24) is 0 Å². The Balaban J connectivity index is -0.000000177. The van der Waals surface area contributed by atoms with Crippen LogP contribution in [0, 0.1) is 11.8 Å². The van der Waals surface area contributed by atoms with Crippen LogP contribution in [0.2, 0.25) is 0 Å². The Morgan fingerprint density at radius 3 is 1.57 bits per heavy atom. The van der Waals surface area contributed by atoms with Crippen LogP contribution in [0.1, 0.15) is 40.5 Å². The topological polar surface area (TPSA) is 89.0 Å². The number of rotatable bonds is 4. The van der Waals surface area contributed by atoms with Crippen molar-refractivity contribution >= 4 is 5.97 Å². The van der Waals surface area contributed by atoms with E-state index in [2.05, 4.69) is 0 Å². The summed E-state index contributed by atoms with van der Waals surface area (Å²) in [7, 11) is 0. The molecule has 14 heavy (non-hydrogen) atoms. The van der Waals surface area contributed by atoms with Gasteiger partial charge in [0.1, 0.15) is 0 Å². The van der Waals surface area contributed by atoms with E-state index in [4.69, 9.17) is 10.2 Å². The van der Waals surface area contributed by atoms with Crippen LogP contribution in [0.4, 0.5) is 0 Å². The zero-order valence-corrected chi connectivity index (χ0v) is 9.58. The molecule has 4 N–H and O–H groups in total. The highest BCUT2D eigenvalue weighted by molar-refractivity contribution is 5.66. The van der Waals surface area contributed by atoms with E-state index in [1.807, 2.05) is 27.7 Å². The average molecular weight is 208 g/mol. The van der Waals surface area contributed by atoms with Crippen LogP contribution in [0.15, 0.2) is 0 Å². The minimum absolute atomic E-state index is 0. The number of hydrogen-bond donors (Lipinski definition) is 2. The molecule has 0 radical (unpaired) electrons. The Labute approximate surface area is 86.3 Å². The lowest BCUT2D eigenvalue weighted by Crippen LogP contribution is -1.97. The minimum Gasteiger partial charge on any atom is -0.481 e. The summed E-state index contributed by atoms with van der Waals surface area (Å²) in [6.45, 7) is 8.28. The van der Waals surface area contributed by atoms with Gasteiger partial charge in [0.15, 0.2) is 0 Å². The molecule has 0 aromatic carbocycles. The summed E-state index contributed by atoms with van der Waals surface area (Å²) in [6.07, 6.45) is 1.09. The first-order valence-electron chi connectivity index (χ1n) is 4.72. The molecule has 0 aromatic heterocycles. The van der Waals surface area contributed by atoms with E-state index in [1.54, 1.807) is 0 Å². The summed E-state index contributed by atoms with van der Waals surface area (Å²) < 4.78 is 0. The van der Waals surface area contributed by atoms with Gasteiger partial charge < -0.3 is 15.7 Å². The molecule has 88 valence electrons. The number of aliphatic hydroxyl groups is 1. The molecule has 0 rings (SSSR count). The maximum Gasteiger partial charge on any atom is 0.303 e. The van der Waals surface area contributed by atoms with Crippen molar-refractivity contribution in [1.29, 1.82) is 0 Å². The molecule has 0 aliphatic rings. The number of carbonyl (C=O) groups is 1. The summed E-state index contributed by atoms with van der Waals surface area (Å²) in [5, 5.41) is 16.3. The zero-order valence-electron chi connectivity index (χ0n) is 9.58. The largest absolute Gasteiger partial charge is 0.481 e. The van der Waals surface area contributed by atoms with Crippen LogP contribution in [-0.4, -0.2) is 28.3 Å². The number of aliphatic carboxylic acids is 1. The fourth-order valence-corrected chi connectivity index (χ4v) is 0.412. The van der Waals surface area contributed by atoms with Crippen LogP contribution in [-0.2, 0) is 4.79 Å². The van der Waals surface area contributed by atoms with Gasteiger partial charge in [-0.05, 0) is 18.3 Å². The van der Waals surface area contributed by atoms with Gasteiger partial charge in [0.05, 0.1) is 0 Å². The highest BCUT2D eigenvalue weighted by Gasteiger charge is 1.97. The van der Waals surface area contributed by atoms with Crippen LogP contribution < -0.4 is 0 Å². The maximum atomic E-state index is 9.90. The molecule has 4 nitrogen and oxygen atoms in total. The van der Waals surface area contributed by atoms with Crippen molar-refractivity contribution < 1.29 is 20.5 Å². The molecule has 0 atom stereocenters. The SMILES string of the molecule is CC(C)CCC(=O)O.CC(C)CO.O. The third kappa shape index (κ3) is 30.1. The first-order chi connectivity index (χ1) is 5.90. The molecule has 0 heterocycles. The second-order valence-electron chi connectivity index (χ2n) is 3.90. The molecule has 0 aliphatic carbocycles. The number of hydrogen-bond acceptors (Lipinski definition) is 2. The molecular weight excluding hydrogens is 184 g/mol. The number of aliphatic hydroxyl groups excluding tert-OH is 1. The minimum atomic E-state index is -0.696. The Morgan fingerprint density at radius 2 is 1.50 bits per heavy atom. The first-order valence-corrected chi connectivity index (χ1v) is 4.72. The summed E-state index contributed by atoms with van der Waals surface area (Å²) in [6, 6.07) is 0. The van der Waals surface area contributed by atoms with E-state index >= 15 is 0 Å².